The summed E-state index contributed by atoms with van der Waals surface area (Å²) in [7, 11) is 0. The average molecular weight is 356 g/mol. The molecule has 1 atom stereocenters. The molecule has 0 N–H and O–H groups in total. The van der Waals surface area contributed by atoms with Gasteiger partial charge < -0.3 is 0 Å². The van der Waals surface area contributed by atoms with E-state index in [0.29, 0.717) is 0 Å². The smallest absolute Gasteiger partial charge is 0.123 e. The lowest BCUT2D eigenvalue weighted by Crippen LogP contribution is -1.96. The van der Waals surface area contributed by atoms with Gasteiger partial charge in [-0.15, -0.1) is 11.6 Å². The van der Waals surface area contributed by atoms with Crippen molar-refractivity contribution in [3.63, 3.8) is 0 Å². The van der Waals surface area contributed by atoms with E-state index in [4.69, 9.17) is 11.6 Å². The van der Waals surface area contributed by atoms with Crippen LogP contribution >= 0.6 is 27.5 Å². The fourth-order valence-corrected chi connectivity index (χ4v) is 3.06. The van der Waals surface area contributed by atoms with Crippen LogP contribution in [0.3, 0.4) is 0 Å². The van der Waals surface area contributed by atoms with Gasteiger partial charge in [-0.05, 0) is 47.7 Å². The van der Waals surface area contributed by atoms with E-state index in [0.717, 1.165) is 22.0 Å². The van der Waals surface area contributed by atoms with Crippen molar-refractivity contribution in [2.24, 2.45) is 0 Å². The maximum absolute atomic E-state index is 13.3. The molecule has 0 aliphatic carbocycles. The van der Waals surface area contributed by atoms with E-state index in [1.807, 2.05) is 12.1 Å². The lowest BCUT2D eigenvalue weighted by molar-refractivity contribution is 0.625. The fraction of sp³-hybridized carbons (Fsp3) is 0.294. The quantitative estimate of drug-likeness (QED) is 0.555. The number of unbranched alkanes of at least 4 members (excludes halogenated alkanes) is 1. The first-order chi connectivity index (χ1) is 9.61. The Morgan fingerprint density at radius 2 is 1.85 bits per heavy atom. The minimum Gasteiger partial charge on any atom is -0.207 e. The highest BCUT2D eigenvalue weighted by atomic mass is 79.9. The van der Waals surface area contributed by atoms with Crippen LogP contribution in [0.25, 0.3) is 0 Å². The minimum absolute atomic E-state index is 0.270. The molecule has 0 heterocycles. The van der Waals surface area contributed by atoms with E-state index in [1.54, 1.807) is 6.07 Å². The van der Waals surface area contributed by atoms with Crippen molar-refractivity contribution in [2.45, 2.75) is 31.6 Å². The maximum Gasteiger partial charge on any atom is 0.123 e. The van der Waals surface area contributed by atoms with Gasteiger partial charge in [0.25, 0.3) is 0 Å². The highest BCUT2D eigenvalue weighted by molar-refractivity contribution is 9.10. The molecule has 0 bridgehead atoms. The van der Waals surface area contributed by atoms with Crippen molar-refractivity contribution in [1.82, 2.24) is 0 Å². The summed E-state index contributed by atoms with van der Waals surface area (Å²) in [6, 6.07) is 12.9. The molecule has 1 unspecified atom stereocenters. The molecule has 0 aliphatic heterocycles. The lowest BCUT2D eigenvalue weighted by Gasteiger charge is -2.13. The second-order valence-corrected chi connectivity index (χ2v) is 6.16. The summed E-state index contributed by atoms with van der Waals surface area (Å²) >= 11 is 9.89. The number of hydrogen-bond acceptors (Lipinski definition) is 0. The van der Waals surface area contributed by atoms with Crippen LogP contribution in [0.1, 0.15) is 41.8 Å². The molecule has 0 radical (unpaired) electrons. The summed E-state index contributed by atoms with van der Waals surface area (Å²) < 4.78 is 14.2. The van der Waals surface area contributed by atoms with E-state index in [1.165, 1.54) is 30.5 Å². The largest absolute Gasteiger partial charge is 0.207 e. The molecule has 3 heteroatoms. The maximum atomic E-state index is 13.3. The van der Waals surface area contributed by atoms with Crippen molar-refractivity contribution in [1.29, 1.82) is 0 Å². The van der Waals surface area contributed by atoms with E-state index in [-0.39, 0.29) is 11.2 Å². The van der Waals surface area contributed by atoms with E-state index < -0.39 is 0 Å². The third-order valence-corrected chi connectivity index (χ3v) is 4.53. The number of halogens is 3. The predicted octanol–water partition coefficient (Wildman–Crippen LogP) is 6.26. The number of rotatable bonds is 5. The standard InChI is InChI=1S/C17H17BrClF/c1-2-3-4-12-5-7-13(8-6-12)17(19)15-11-14(20)9-10-16(15)18/h5-11,17H,2-4H2,1H3. The monoisotopic (exact) mass is 354 g/mol. The Labute approximate surface area is 133 Å². The van der Waals surface area contributed by atoms with Crippen LogP contribution in [0, 0.1) is 5.82 Å². The van der Waals surface area contributed by atoms with Crippen molar-refractivity contribution < 1.29 is 4.39 Å². The van der Waals surface area contributed by atoms with Crippen LogP contribution in [0.15, 0.2) is 46.9 Å². The van der Waals surface area contributed by atoms with Crippen molar-refractivity contribution in [2.75, 3.05) is 0 Å². The molecule has 20 heavy (non-hydrogen) atoms. The zero-order chi connectivity index (χ0) is 14.5. The Morgan fingerprint density at radius 3 is 2.50 bits per heavy atom. The molecular formula is C17H17BrClF. The molecule has 0 nitrogen and oxygen atoms in total. The van der Waals surface area contributed by atoms with Gasteiger partial charge in [0.15, 0.2) is 0 Å². The van der Waals surface area contributed by atoms with Crippen LogP contribution < -0.4 is 0 Å². The molecular weight excluding hydrogens is 339 g/mol. The molecule has 106 valence electrons. The van der Waals surface area contributed by atoms with E-state index in [9.17, 15) is 4.39 Å². The van der Waals surface area contributed by atoms with Crippen LogP contribution in [0.5, 0.6) is 0 Å². The first-order valence-electron chi connectivity index (χ1n) is 6.79. The van der Waals surface area contributed by atoms with Crippen LogP contribution in [-0.2, 0) is 6.42 Å². The molecule has 0 amide bonds. The molecule has 0 fully saturated rings. The third-order valence-electron chi connectivity index (χ3n) is 3.32. The summed E-state index contributed by atoms with van der Waals surface area (Å²) in [5, 5.41) is -0.347. The molecule has 0 aliphatic rings. The van der Waals surface area contributed by atoms with Gasteiger partial charge in [0.2, 0.25) is 0 Å². The molecule has 0 aromatic heterocycles. The number of aryl methyl sites for hydroxylation is 1. The van der Waals surface area contributed by atoms with Gasteiger partial charge in [0, 0.05) is 4.47 Å². The Balaban J connectivity index is 2.20. The third kappa shape index (κ3) is 3.83. The van der Waals surface area contributed by atoms with Crippen molar-refractivity contribution >= 4 is 27.5 Å². The fourth-order valence-electron chi connectivity index (χ4n) is 2.12. The molecule has 2 rings (SSSR count). The van der Waals surface area contributed by atoms with E-state index >= 15 is 0 Å². The number of hydrogen-bond donors (Lipinski definition) is 0. The highest BCUT2D eigenvalue weighted by Crippen LogP contribution is 2.34. The van der Waals surface area contributed by atoms with Gasteiger partial charge >= 0.3 is 0 Å². The Bertz CT molecular complexity index is 566. The zero-order valence-corrected chi connectivity index (χ0v) is 13.7. The average Bonchev–Trinajstić information content (AvgIpc) is 2.47. The minimum atomic E-state index is -0.347. The molecule has 2 aromatic carbocycles. The second kappa shape index (κ2) is 7.24. The summed E-state index contributed by atoms with van der Waals surface area (Å²) in [6.07, 6.45) is 3.47. The van der Waals surface area contributed by atoms with Crippen molar-refractivity contribution in [3.8, 4) is 0 Å². The lowest BCUT2D eigenvalue weighted by atomic mass is 10.0. The van der Waals surface area contributed by atoms with Gasteiger partial charge in [-0.25, -0.2) is 4.39 Å². The number of benzene rings is 2. The molecule has 0 saturated carbocycles. The summed E-state index contributed by atoms with van der Waals surface area (Å²) in [5.74, 6) is -0.270. The molecule has 2 aromatic rings. The zero-order valence-electron chi connectivity index (χ0n) is 11.4. The Kier molecular flexibility index (Phi) is 5.62. The first kappa shape index (κ1) is 15.5. The Morgan fingerprint density at radius 1 is 1.15 bits per heavy atom. The molecule has 0 saturated heterocycles. The first-order valence-corrected chi connectivity index (χ1v) is 8.02. The van der Waals surface area contributed by atoms with Gasteiger partial charge in [-0.3, -0.25) is 0 Å². The van der Waals surface area contributed by atoms with Gasteiger partial charge in [-0.2, -0.15) is 0 Å². The van der Waals surface area contributed by atoms with Crippen LogP contribution in [0.2, 0.25) is 0 Å². The van der Waals surface area contributed by atoms with Gasteiger partial charge in [-0.1, -0.05) is 53.5 Å². The topological polar surface area (TPSA) is 0 Å². The summed E-state index contributed by atoms with van der Waals surface area (Å²) in [4.78, 5) is 0. The summed E-state index contributed by atoms with van der Waals surface area (Å²) in [5.41, 5.74) is 3.06. The van der Waals surface area contributed by atoms with Crippen LogP contribution in [-0.4, -0.2) is 0 Å². The SMILES string of the molecule is CCCCc1ccc(C(Cl)c2cc(F)ccc2Br)cc1. The van der Waals surface area contributed by atoms with Crippen molar-refractivity contribution in [3.05, 3.63) is 69.4 Å². The normalized spacial score (nSPS) is 12.4. The van der Waals surface area contributed by atoms with E-state index in [2.05, 4.69) is 35.0 Å². The highest BCUT2D eigenvalue weighted by Gasteiger charge is 2.14. The summed E-state index contributed by atoms with van der Waals surface area (Å²) in [6.45, 7) is 2.19. The van der Waals surface area contributed by atoms with Crippen LogP contribution in [0.4, 0.5) is 4.39 Å². The second-order valence-electron chi connectivity index (χ2n) is 4.87. The molecule has 0 spiro atoms. The Hall–Kier alpha value is -0.860. The predicted molar refractivity (Wildman–Crippen MR) is 86.9 cm³/mol. The van der Waals surface area contributed by atoms with Gasteiger partial charge in [0.1, 0.15) is 5.82 Å². The van der Waals surface area contributed by atoms with Gasteiger partial charge in [0.05, 0.1) is 5.38 Å². The number of alkyl halides is 1.